The summed E-state index contributed by atoms with van der Waals surface area (Å²) in [5, 5.41) is 0. The molecule has 0 bridgehead atoms. The molecular formula is C7H15O2. The molecule has 1 radical (unpaired) electrons. The van der Waals surface area contributed by atoms with Crippen molar-refractivity contribution >= 4 is 0 Å². The summed E-state index contributed by atoms with van der Waals surface area (Å²) in [6.07, 6.45) is 0.293. The SMILES string of the molecule is CCO[CH]COC(C)C. The van der Waals surface area contributed by atoms with E-state index in [2.05, 4.69) is 0 Å². The highest BCUT2D eigenvalue weighted by Gasteiger charge is 1.91. The van der Waals surface area contributed by atoms with Crippen LogP contribution in [0.1, 0.15) is 20.8 Å². The fourth-order valence-electron chi connectivity index (χ4n) is 0.398. The molecule has 0 saturated carbocycles. The Balaban J connectivity index is 2.75. The summed E-state index contributed by atoms with van der Waals surface area (Å²) in [5.41, 5.74) is 0. The molecular weight excluding hydrogens is 116 g/mol. The third-order valence-corrected chi connectivity index (χ3v) is 0.782. The van der Waals surface area contributed by atoms with Gasteiger partial charge in [-0.15, -0.1) is 0 Å². The lowest BCUT2D eigenvalue weighted by Gasteiger charge is -2.05. The number of hydrogen-bond acceptors (Lipinski definition) is 2. The van der Waals surface area contributed by atoms with E-state index in [0.717, 1.165) is 6.61 Å². The van der Waals surface area contributed by atoms with Gasteiger partial charge < -0.3 is 9.47 Å². The van der Waals surface area contributed by atoms with E-state index in [4.69, 9.17) is 9.47 Å². The molecule has 9 heavy (non-hydrogen) atoms. The van der Waals surface area contributed by atoms with E-state index in [1.165, 1.54) is 0 Å². The third kappa shape index (κ3) is 7.92. The van der Waals surface area contributed by atoms with Gasteiger partial charge in [-0.2, -0.15) is 0 Å². The molecule has 55 valence electrons. The van der Waals surface area contributed by atoms with E-state index >= 15 is 0 Å². The summed E-state index contributed by atoms with van der Waals surface area (Å²) in [5.74, 6) is 0. The van der Waals surface area contributed by atoms with E-state index in [1.807, 2.05) is 20.8 Å². The minimum atomic E-state index is 0.293. The predicted molar refractivity (Wildman–Crippen MR) is 37.0 cm³/mol. The molecule has 2 heteroatoms. The van der Waals surface area contributed by atoms with Crippen LogP contribution in [0.25, 0.3) is 0 Å². The van der Waals surface area contributed by atoms with Crippen LogP contribution in [-0.2, 0) is 9.47 Å². The number of ether oxygens (including phenoxy) is 2. The van der Waals surface area contributed by atoms with Gasteiger partial charge in [0.25, 0.3) is 0 Å². The average Bonchev–Trinajstić information content (AvgIpc) is 1.80. The highest BCUT2D eigenvalue weighted by molar-refractivity contribution is 4.47. The second-order valence-corrected chi connectivity index (χ2v) is 2.00. The maximum absolute atomic E-state index is 5.16. The van der Waals surface area contributed by atoms with Crippen LogP contribution in [0.4, 0.5) is 0 Å². The summed E-state index contributed by atoms with van der Waals surface area (Å²) in [6.45, 7) is 8.94. The van der Waals surface area contributed by atoms with Gasteiger partial charge in [0.05, 0.1) is 12.7 Å². The molecule has 0 aromatic heterocycles. The molecule has 0 N–H and O–H groups in total. The van der Waals surface area contributed by atoms with Crippen molar-refractivity contribution in [1.82, 2.24) is 0 Å². The zero-order chi connectivity index (χ0) is 7.11. The van der Waals surface area contributed by atoms with Crippen LogP contribution in [-0.4, -0.2) is 19.3 Å². The second-order valence-electron chi connectivity index (χ2n) is 2.00. The molecule has 0 aromatic carbocycles. The molecule has 0 aliphatic carbocycles. The average molecular weight is 131 g/mol. The third-order valence-electron chi connectivity index (χ3n) is 0.782. The standard InChI is InChI=1S/C7H15O2/c1-4-8-5-6-9-7(2)3/h5,7H,4,6H2,1-3H3. The van der Waals surface area contributed by atoms with E-state index in [-0.39, 0.29) is 0 Å². The minimum absolute atomic E-state index is 0.293. The van der Waals surface area contributed by atoms with E-state index < -0.39 is 0 Å². The van der Waals surface area contributed by atoms with Gasteiger partial charge in [0.2, 0.25) is 0 Å². The topological polar surface area (TPSA) is 18.5 Å². The van der Waals surface area contributed by atoms with Gasteiger partial charge in [-0.1, -0.05) is 0 Å². The lowest BCUT2D eigenvalue weighted by Crippen LogP contribution is -2.05. The van der Waals surface area contributed by atoms with Gasteiger partial charge in [0, 0.05) is 6.61 Å². The molecule has 2 nitrogen and oxygen atoms in total. The second kappa shape index (κ2) is 6.05. The van der Waals surface area contributed by atoms with Gasteiger partial charge in [-0.25, -0.2) is 0 Å². The molecule has 0 aromatic rings. The number of hydrogen-bond donors (Lipinski definition) is 0. The van der Waals surface area contributed by atoms with Crippen LogP contribution in [0.15, 0.2) is 0 Å². The first kappa shape index (κ1) is 8.92. The quantitative estimate of drug-likeness (QED) is 0.528. The zero-order valence-electron chi connectivity index (χ0n) is 6.39. The van der Waals surface area contributed by atoms with Gasteiger partial charge in [0.15, 0.2) is 0 Å². The van der Waals surface area contributed by atoms with Gasteiger partial charge in [-0.3, -0.25) is 0 Å². The Labute approximate surface area is 57.2 Å². The Bertz CT molecular complexity index is 52.9. The first-order valence-corrected chi connectivity index (χ1v) is 3.32. The summed E-state index contributed by atoms with van der Waals surface area (Å²) < 4.78 is 10.1. The largest absolute Gasteiger partial charge is 0.376 e. The molecule has 0 amide bonds. The van der Waals surface area contributed by atoms with Crippen LogP contribution in [0.3, 0.4) is 0 Å². The Morgan fingerprint density at radius 2 is 2.11 bits per heavy atom. The highest BCUT2D eigenvalue weighted by Crippen LogP contribution is 1.89. The van der Waals surface area contributed by atoms with E-state index in [9.17, 15) is 0 Å². The molecule has 0 heterocycles. The molecule has 0 atom stereocenters. The van der Waals surface area contributed by atoms with Crippen molar-refractivity contribution in [2.24, 2.45) is 0 Å². The summed E-state index contributed by atoms with van der Waals surface area (Å²) in [4.78, 5) is 0. The Morgan fingerprint density at radius 1 is 1.44 bits per heavy atom. The molecule has 0 saturated heterocycles. The van der Waals surface area contributed by atoms with Crippen LogP contribution in [0.2, 0.25) is 0 Å². The van der Waals surface area contributed by atoms with Crippen molar-refractivity contribution in [2.45, 2.75) is 26.9 Å². The summed E-state index contributed by atoms with van der Waals surface area (Å²) >= 11 is 0. The van der Waals surface area contributed by atoms with Crippen LogP contribution >= 0.6 is 0 Å². The molecule has 0 fully saturated rings. The Morgan fingerprint density at radius 3 is 2.56 bits per heavy atom. The molecule has 0 aliphatic rings. The monoisotopic (exact) mass is 131 g/mol. The zero-order valence-corrected chi connectivity index (χ0v) is 6.39. The molecule has 0 unspecified atom stereocenters. The Hall–Kier alpha value is -0.0800. The van der Waals surface area contributed by atoms with Crippen molar-refractivity contribution in [3.05, 3.63) is 6.61 Å². The fraction of sp³-hybridized carbons (Fsp3) is 0.857. The van der Waals surface area contributed by atoms with E-state index in [1.54, 1.807) is 6.61 Å². The van der Waals surface area contributed by atoms with Crippen LogP contribution in [0.5, 0.6) is 0 Å². The Kier molecular flexibility index (Phi) is 5.99. The van der Waals surface area contributed by atoms with Crippen molar-refractivity contribution in [2.75, 3.05) is 13.2 Å². The van der Waals surface area contributed by atoms with Gasteiger partial charge in [-0.05, 0) is 20.8 Å². The van der Waals surface area contributed by atoms with Crippen molar-refractivity contribution in [3.8, 4) is 0 Å². The lowest BCUT2D eigenvalue weighted by atomic mass is 10.5. The van der Waals surface area contributed by atoms with Crippen LogP contribution in [0, 0.1) is 6.61 Å². The van der Waals surface area contributed by atoms with Gasteiger partial charge >= 0.3 is 0 Å². The maximum Gasteiger partial charge on any atom is 0.109 e. The minimum Gasteiger partial charge on any atom is -0.376 e. The lowest BCUT2D eigenvalue weighted by molar-refractivity contribution is 0.0557. The predicted octanol–water partition coefficient (Wildman–Crippen LogP) is 1.61. The summed E-state index contributed by atoms with van der Waals surface area (Å²) in [6, 6.07) is 0. The molecule has 0 rings (SSSR count). The summed E-state index contributed by atoms with van der Waals surface area (Å²) in [7, 11) is 0. The fourth-order valence-corrected chi connectivity index (χ4v) is 0.398. The van der Waals surface area contributed by atoms with Crippen LogP contribution < -0.4 is 0 Å². The molecule has 0 aliphatic heterocycles. The van der Waals surface area contributed by atoms with Crippen molar-refractivity contribution < 1.29 is 9.47 Å². The van der Waals surface area contributed by atoms with Crippen molar-refractivity contribution in [3.63, 3.8) is 0 Å². The maximum atomic E-state index is 5.16. The molecule has 0 spiro atoms. The smallest absolute Gasteiger partial charge is 0.109 e. The first-order valence-electron chi connectivity index (χ1n) is 3.32. The first-order chi connectivity index (χ1) is 4.27. The van der Waals surface area contributed by atoms with Crippen molar-refractivity contribution in [1.29, 1.82) is 0 Å². The highest BCUT2D eigenvalue weighted by atomic mass is 16.5. The van der Waals surface area contributed by atoms with Gasteiger partial charge in [0.1, 0.15) is 6.61 Å². The van der Waals surface area contributed by atoms with E-state index in [0.29, 0.717) is 12.7 Å². The number of rotatable bonds is 5. The normalized spacial score (nSPS) is 10.7.